The molecule has 0 aliphatic heterocycles. The number of nitrogens with two attached hydrogens (primary N) is 1. The van der Waals surface area contributed by atoms with Gasteiger partial charge in [0.05, 0.1) is 10.2 Å². The number of hydrogen-bond acceptors (Lipinski definition) is 4. The van der Waals surface area contributed by atoms with Crippen molar-refractivity contribution in [3.63, 3.8) is 0 Å². The summed E-state index contributed by atoms with van der Waals surface area (Å²) in [6.07, 6.45) is 1.20. The summed E-state index contributed by atoms with van der Waals surface area (Å²) in [5.74, 6) is 1.17. The minimum absolute atomic E-state index is 0.651. The molecule has 0 bridgehead atoms. The van der Waals surface area contributed by atoms with Crippen molar-refractivity contribution >= 4 is 38.4 Å². The van der Waals surface area contributed by atoms with Crippen LogP contribution in [0.15, 0.2) is 23.1 Å². The minimum Gasteiger partial charge on any atom is -0.375 e. The van der Waals surface area contributed by atoms with E-state index in [-0.39, 0.29) is 0 Å². The minimum atomic E-state index is 0.651. The van der Waals surface area contributed by atoms with Gasteiger partial charge in [0, 0.05) is 4.90 Å². The van der Waals surface area contributed by atoms with Gasteiger partial charge < -0.3 is 5.73 Å². The number of hydrogen-bond donors (Lipinski definition) is 1. The van der Waals surface area contributed by atoms with Crippen LogP contribution in [-0.4, -0.2) is 10.7 Å². The third-order valence-electron chi connectivity index (χ3n) is 1.85. The van der Waals surface area contributed by atoms with Gasteiger partial charge in [-0.15, -0.1) is 11.8 Å². The molecule has 0 amide bonds. The molecule has 0 spiro atoms. The van der Waals surface area contributed by atoms with Crippen molar-refractivity contribution in [2.24, 2.45) is 0 Å². The average molecular weight is 224 g/mol. The second-order valence-electron chi connectivity index (χ2n) is 3.03. The Morgan fingerprint density at radius 2 is 2.36 bits per heavy atom. The highest BCUT2D eigenvalue weighted by Crippen LogP contribution is 2.28. The van der Waals surface area contributed by atoms with Gasteiger partial charge in [-0.05, 0) is 30.4 Å². The Bertz CT molecular complexity index is 437. The topological polar surface area (TPSA) is 38.9 Å². The first-order chi connectivity index (χ1) is 6.79. The standard InChI is InChI=1S/C10H12N2S2/c1-2-5-13-7-3-4-8-9(6-7)14-10(11)12-8/h3-4,6H,2,5H2,1H3,(H2,11,12). The summed E-state index contributed by atoms with van der Waals surface area (Å²) in [5, 5.41) is 0.651. The fourth-order valence-electron chi connectivity index (χ4n) is 1.23. The largest absolute Gasteiger partial charge is 0.375 e. The Hall–Kier alpha value is -0.740. The van der Waals surface area contributed by atoms with E-state index in [2.05, 4.69) is 24.0 Å². The summed E-state index contributed by atoms with van der Waals surface area (Å²) in [5.41, 5.74) is 6.65. The van der Waals surface area contributed by atoms with Crippen molar-refractivity contribution in [2.45, 2.75) is 18.2 Å². The van der Waals surface area contributed by atoms with Crippen LogP contribution in [0.3, 0.4) is 0 Å². The quantitative estimate of drug-likeness (QED) is 0.812. The highest BCUT2D eigenvalue weighted by Gasteiger charge is 2.01. The van der Waals surface area contributed by atoms with Crippen LogP contribution < -0.4 is 5.73 Å². The molecule has 1 aromatic carbocycles. The lowest BCUT2D eigenvalue weighted by molar-refractivity contribution is 1.10. The number of fused-ring (bicyclic) bond motifs is 1. The summed E-state index contributed by atoms with van der Waals surface area (Å²) in [7, 11) is 0. The van der Waals surface area contributed by atoms with Gasteiger partial charge in [0.15, 0.2) is 5.13 Å². The number of thioether (sulfide) groups is 1. The zero-order chi connectivity index (χ0) is 9.97. The van der Waals surface area contributed by atoms with Gasteiger partial charge in [0.25, 0.3) is 0 Å². The Balaban J connectivity index is 2.31. The third kappa shape index (κ3) is 2.01. The molecule has 4 heteroatoms. The van der Waals surface area contributed by atoms with Gasteiger partial charge in [0.1, 0.15) is 0 Å². The number of thiazole rings is 1. The maximum atomic E-state index is 5.64. The van der Waals surface area contributed by atoms with E-state index in [0.29, 0.717) is 5.13 Å². The lowest BCUT2D eigenvalue weighted by Gasteiger charge is -1.98. The van der Waals surface area contributed by atoms with Crippen LogP contribution in [0.1, 0.15) is 13.3 Å². The molecule has 0 unspecified atom stereocenters. The van der Waals surface area contributed by atoms with Crippen molar-refractivity contribution < 1.29 is 0 Å². The van der Waals surface area contributed by atoms with E-state index < -0.39 is 0 Å². The average Bonchev–Trinajstić information content (AvgIpc) is 2.54. The molecule has 2 N–H and O–H groups in total. The second-order valence-corrected chi connectivity index (χ2v) is 5.26. The molecular formula is C10H12N2S2. The number of nitrogen functional groups attached to an aromatic ring is 1. The third-order valence-corrected chi connectivity index (χ3v) is 3.90. The summed E-state index contributed by atoms with van der Waals surface area (Å²) < 4.78 is 1.18. The molecule has 74 valence electrons. The van der Waals surface area contributed by atoms with E-state index in [0.717, 1.165) is 5.52 Å². The number of nitrogens with zero attached hydrogens (tertiary/aromatic N) is 1. The van der Waals surface area contributed by atoms with Crippen molar-refractivity contribution in [3.8, 4) is 0 Å². The Labute approximate surface area is 91.5 Å². The molecule has 0 saturated carbocycles. The SMILES string of the molecule is CCCSc1ccc2nc(N)sc2c1. The summed E-state index contributed by atoms with van der Waals surface area (Å²) >= 11 is 3.44. The van der Waals surface area contributed by atoms with E-state index in [4.69, 9.17) is 5.73 Å². The fourth-order valence-corrected chi connectivity index (χ4v) is 2.89. The molecule has 1 heterocycles. The van der Waals surface area contributed by atoms with E-state index in [1.165, 1.54) is 21.8 Å². The highest BCUT2D eigenvalue weighted by atomic mass is 32.2. The van der Waals surface area contributed by atoms with Crippen LogP contribution in [0.25, 0.3) is 10.2 Å². The molecule has 2 nitrogen and oxygen atoms in total. The lowest BCUT2D eigenvalue weighted by Crippen LogP contribution is -1.79. The van der Waals surface area contributed by atoms with Crippen LogP contribution in [0.4, 0.5) is 5.13 Å². The summed E-state index contributed by atoms with van der Waals surface area (Å²) in [6, 6.07) is 6.33. The van der Waals surface area contributed by atoms with Gasteiger partial charge in [-0.1, -0.05) is 18.3 Å². The maximum Gasteiger partial charge on any atom is 0.181 e. The van der Waals surface area contributed by atoms with Crippen molar-refractivity contribution in [1.29, 1.82) is 0 Å². The molecule has 0 radical (unpaired) electrons. The molecule has 0 saturated heterocycles. The summed E-state index contributed by atoms with van der Waals surface area (Å²) in [4.78, 5) is 5.53. The van der Waals surface area contributed by atoms with Crippen LogP contribution in [0.2, 0.25) is 0 Å². The van der Waals surface area contributed by atoms with E-state index >= 15 is 0 Å². The van der Waals surface area contributed by atoms with E-state index in [1.54, 1.807) is 11.3 Å². The maximum absolute atomic E-state index is 5.64. The number of rotatable bonds is 3. The fraction of sp³-hybridized carbons (Fsp3) is 0.300. The summed E-state index contributed by atoms with van der Waals surface area (Å²) in [6.45, 7) is 2.19. The first-order valence-corrected chi connectivity index (χ1v) is 6.38. The Morgan fingerprint density at radius 1 is 1.50 bits per heavy atom. The van der Waals surface area contributed by atoms with Crippen LogP contribution in [0.5, 0.6) is 0 Å². The molecule has 0 fully saturated rings. The molecule has 1 aromatic heterocycles. The monoisotopic (exact) mass is 224 g/mol. The van der Waals surface area contributed by atoms with Crippen LogP contribution >= 0.6 is 23.1 Å². The van der Waals surface area contributed by atoms with Gasteiger partial charge in [-0.25, -0.2) is 4.98 Å². The Kier molecular flexibility index (Phi) is 2.93. The highest BCUT2D eigenvalue weighted by molar-refractivity contribution is 7.99. The number of benzene rings is 1. The van der Waals surface area contributed by atoms with Gasteiger partial charge in [0.2, 0.25) is 0 Å². The molecule has 0 aliphatic rings. The predicted molar refractivity (Wildman–Crippen MR) is 65.0 cm³/mol. The molecule has 0 atom stereocenters. The van der Waals surface area contributed by atoms with E-state index in [1.807, 2.05) is 17.8 Å². The van der Waals surface area contributed by atoms with Crippen molar-refractivity contribution in [3.05, 3.63) is 18.2 Å². The molecule has 14 heavy (non-hydrogen) atoms. The molecule has 0 aliphatic carbocycles. The van der Waals surface area contributed by atoms with E-state index in [9.17, 15) is 0 Å². The molecular weight excluding hydrogens is 212 g/mol. The Morgan fingerprint density at radius 3 is 3.14 bits per heavy atom. The predicted octanol–water partition coefficient (Wildman–Crippen LogP) is 3.38. The molecule has 2 aromatic rings. The van der Waals surface area contributed by atoms with Gasteiger partial charge in [-0.2, -0.15) is 0 Å². The zero-order valence-electron chi connectivity index (χ0n) is 7.99. The first-order valence-electron chi connectivity index (χ1n) is 4.58. The lowest BCUT2D eigenvalue weighted by atomic mass is 10.3. The van der Waals surface area contributed by atoms with Crippen LogP contribution in [-0.2, 0) is 0 Å². The normalized spacial score (nSPS) is 10.9. The number of aromatic nitrogens is 1. The second kappa shape index (κ2) is 4.19. The first kappa shape index (κ1) is 9.80. The van der Waals surface area contributed by atoms with Crippen molar-refractivity contribution in [2.75, 3.05) is 11.5 Å². The van der Waals surface area contributed by atoms with Gasteiger partial charge >= 0.3 is 0 Å². The zero-order valence-corrected chi connectivity index (χ0v) is 9.62. The van der Waals surface area contributed by atoms with Crippen molar-refractivity contribution in [1.82, 2.24) is 4.98 Å². The number of anilines is 1. The van der Waals surface area contributed by atoms with Crippen LogP contribution in [0, 0.1) is 0 Å². The smallest absolute Gasteiger partial charge is 0.181 e. The van der Waals surface area contributed by atoms with Gasteiger partial charge in [-0.3, -0.25) is 0 Å². The molecule has 2 rings (SSSR count).